The van der Waals surface area contributed by atoms with E-state index in [1.54, 1.807) is 12.1 Å². The van der Waals surface area contributed by atoms with E-state index >= 15 is 0 Å². The minimum Gasteiger partial charge on any atom is -0.399 e. The van der Waals surface area contributed by atoms with E-state index in [0.29, 0.717) is 22.3 Å². The predicted octanol–water partition coefficient (Wildman–Crippen LogP) is 3.76. The van der Waals surface area contributed by atoms with Crippen molar-refractivity contribution in [3.63, 3.8) is 0 Å². The zero-order valence-electron chi connectivity index (χ0n) is 11.6. The number of hydrogen-bond acceptors (Lipinski definition) is 6. The van der Waals surface area contributed by atoms with Crippen LogP contribution in [0.1, 0.15) is 24.4 Å². The number of halogens is 1. The van der Waals surface area contributed by atoms with Gasteiger partial charge in [-0.3, -0.25) is 0 Å². The van der Waals surface area contributed by atoms with Crippen molar-refractivity contribution in [1.29, 1.82) is 0 Å². The van der Waals surface area contributed by atoms with Gasteiger partial charge in [-0.15, -0.1) is 11.8 Å². The summed E-state index contributed by atoms with van der Waals surface area (Å²) < 4.78 is 19.2. The van der Waals surface area contributed by atoms with Crippen molar-refractivity contribution in [2.45, 2.75) is 23.8 Å². The molecule has 7 heteroatoms. The molecule has 4 nitrogen and oxygen atoms in total. The van der Waals surface area contributed by atoms with Crippen molar-refractivity contribution < 1.29 is 8.91 Å². The molecule has 2 atom stereocenters. The molecule has 3 rings (SSSR count). The van der Waals surface area contributed by atoms with Gasteiger partial charge in [-0.2, -0.15) is 16.7 Å². The predicted molar refractivity (Wildman–Crippen MR) is 85.8 cm³/mol. The topological polar surface area (TPSA) is 64.9 Å². The van der Waals surface area contributed by atoms with E-state index in [-0.39, 0.29) is 11.1 Å². The van der Waals surface area contributed by atoms with Gasteiger partial charge in [-0.1, -0.05) is 12.1 Å². The SMILES string of the molecule is CCC1SCCSC1c1noc(-c2ccc(N)cc2F)n1. The third-order valence-electron chi connectivity index (χ3n) is 3.37. The van der Waals surface area contributed by atoms with Crippen molar-refractivity contribution in [2.75, 3.05) is 17.2 Å². The molecule has 1 fully saturated rings. The first kappa shape index (κ1) is 14.7. The van der Waals surface area contributed by atoms with Crippen molar-refractivity contribution in [2.24, 2.45) is 0 Å². The van der Waals surface area contributed by atoms with E-state index in [1.807, 2.05) is 23.5 Å². The number of nitrogens with zero attached hydrogens (tertiary/aromatic N) is 2. The molecule has 0 spiro atoms. The van der Waals surface area contributed by atoms with Gasteiger partial charge in [0.15, 0.2) is 5.82 Å². The molecule has 0 amide bonds. The van der Waals surface area contributed by atoms with Crippen LogP contribution in [0.5, 0.6) is 0 Å². The fourth-order valence-electron chi connectivity index (χ4n) is 2.31. The fraction of sp³-hybridized carbons (Fsp3) is 0.429. The van der Waals surface area contributed by atoms with Crippen molar-refractivity contribution >= 4 is 29.2 Å². The third kappa shape index (κ3) is 3.03. The molecule has 1 aromatic carbocycles. The van der Waals surface area contributed by atoms with E-state index in [4.69, 9.17) is 10.3 Å². The van der Waals surface area contributed by atoms with E-state index in [9.17, 15) is 4.39 Å². The summed E-state index contributed by atoms with van der Waals surface area (Å²) in [5.74, 6) is 2.66. The van der Waals surface area contributed by atoms with Crippen LogP contribution in [-0.4, -0.2) is 26.9 Å². The average Bonchev–Trinajstić information content (AvgIpc) is 2.96. The summed E-state index contributed by atoms with van der Waals surface area (Å²) >= 11 is 3.79. The lowest BCUT2D eigenvalue weighted by atomic mass is 10.2. The normalized spacial score (nSPS) is 22.4. The molecule has 112 valence electrons. The quantitative estimate of drug-likeness (QED) is 0.867. The summed E-state index contributed by atoms with van der Waals surface area (Å²) in [6.45, 7) is 2.16. The van der Waals surface area contributed by atoms with Gasteiger partial charge in [-0.05, 0) is 24.6 Å². The summed E-state index contributed by atoms with van der Waals surface area (Å²) in [6, 6.07) is 4.46. The standard InChI is InChI=1S/C14H16FN3OS2/c1-2-11-12(21-6-5-20-11)13-17-14(19-18-13)9-4-3-8(16)7-10(9)15/h3-4,7,11-12H,2,5-6,16H2,1H3. The highest BCUT2D eigenvalue weighted by molar-refractivity contribution is 8.06. The van der Waals surface area contributed by atoms with Gasteiger partial charge in [0, 0.05) is 22.4 Å². The van der Waals surface area contributed by atoms with Crippen LogP contribution in [-0.2, 0) is 0 Å². The van der Waals surface area contributed by atoms with Crippen LogP contribution < -0.4 is 5.73 Å². The van der Waals surface area contributed by atoms with E-state index in [2.05, 4.69) is 17.1 Å². The molecule has 2 aromatic rings. The molecule has 2 unspecified atom stereocenters. The monoisotopic (exact) mass is 325 g/mol. The van der Waals surface area contributed by atoms with Crippen molar-refractivity contribution in [3.05, 3.63) is 29.8 Å². The number of anilines is 1. The third-order valence-corrected chi connectivity index (χ3v) is 6.61. The number of thioether (sulfide) groups is 2. The number of rotatable bonds is 3. The Morgan fingerprint density at radius 1 is 1.38 bits per heavy atom. The van der Waals surface area contributed by atoms with E-state index in [1.165, 1.54) is 6.07 Å². The lowest BCUT2D eigenvalue weighted by Crippen LogP contribution is -2.19. The van der Waals surface area contributed by atoms with Gasteiger partial charge < -0.3 is 10.3 Å². The van der Waals surface area contributed by atoms with Gasteiger partial charge in [0.1, 0.15) is 5.82 Å². The fourth-order valence-corrected chi connectivity index (χ4v) is 5.29. The maximum atomic E-state index is 13.9. The molecule has 0 saturated carbocycles. The Hall–Kier alpha value is -1.21. The highest BCUT2D eigenvalue weighted by atomic mass is 32.2. The number of nitrogens with two attached hydrogens (primary N) is 1. The molecule has 2 N–H and O–H groups in total. The van der Waals surface area contributed by atoms with Crippen LogP contribution >= 0.6 is 23.5 Å². The van der Waals surface area contributed by atoms with E-state index < -0.39 is 5.82 Å². The highest BCUT2D eigenvalue weighted by Crippen LogP contribution is 2.43. The smallest absolute Gasteiger partial charge is 0.260 e. The zero-order chi connectivity index (χ0) is 14.8. The Labute approximate surface area is 131 Å². The first-order valence-corrected chi connectivity index (χ1v) is 8.91. The summed E-state index contributed by atoms with van der Waals surface area (Å²) in [5.41, 5.74) is 6.22. The second-order valence-electron chi connectivity index (χ2n) is 4.81. The maximum Gasteiger partial charge on any atom is 0.260 e. The van der Waals surface area contributed by atoms with Gasteiger partial charge in [0.25, 0.3) is 5.89 Å². The Kier molecular flexibility index (Phi) is 4.40. The van der Waals surface area contributed by atoms with Crippen LogP contribution in [0.15, 0.2) is 22.7 Å². The van der Waals surface area contributed by atoms with Crippen LogP contribution in [0.4, 0.5) is 10.1 Å². The van der Waals surface area contributed by atoms with Gasteiger partial charge >= 0.3 is 0 Å². The Balaban J connectivity index is 1.89. The Morgan fingerprint density at radius 2 is 2.19 bits per heavy atom. The molecule has 2 heterocycles. The lowest BCUT2D eigenvalue weighted by Gasteiger charge is -2.27. The van der Waals surface area contributed by atoms with Gasteiger partial charge in [0.2, 0.25) is 0 Å². The molecule has 1 aromatic heterocycles. The number of hydrogen-bond donors (Lipinski definition) is 1. The molecule has 21 heavy (non-hydrogen) atoms. The number of benzene rings is 1. The highest BCUT2D eigenvalue weighted by Gasteiger charge is 2.30. The molecule has 0 bridgehead atoms. The molecule has 0 aliphatic carbocycles. The molecule has 0 radical (unpaired) electrons. The molecule has 1 saturated heterocycles. The first-order chi connectivity index (χ1) is 10.2. The van der Waals surface area contributed by atoms with Crippen molar-refractivity contribution in [3.8, 4) is 11.5 Å². The second kappa shape index (κ2) is 6.27. The summed E-state index contributed by atoms with van der Waals surface area (Å²) in [5, 5.41) is 4.75. The van der Waals surface area contributed by atoms with Crippen LogP contribution in [0.3, 0.4) is 0 Å². The largest absolute Gasteiger partial charge is 0.399 e. The first-order valence-electron chi connectivity index (χ1n) is 6.81. The minimum absolute atomic E-state index is 0.211. The Morgan fingerprint density at radius 3 is 2.95 bits per heavy atom. The van der Waals surface area contributed by atoms with Gasteiger partial charge in [-0.25, -0.2) is 4.39 Å². The van der Waals surface area contributed by atoms with Crippen molar-refractivity contribution in [1.82, 2.24) is 10.1 Å². The number of aromatic nitrogens is 2. The minimum atomic E-state index is -0.442. The van der Waals surface area contributed by atoms with Crippen LogP contribution in [0.25, 0.3) is 11.5 Å². The van der Waals surface area contributed by atoms with Crippen LogP contribution in [0, 0.1) is 5.82 Å². The summed E-state index contributed by atoms with van der Waals surface area (Å²) in [7, 11) is 0. The van der Waals surface area contributed by atoms with E-state index in [0.717, 1.165) is 17.9 Å². The lowest BCUT2D eigenvalue weighted by molar-refractivity contribution is 0.419. The molecule has 1 aliphatic heterocycles. The second-order valence-corrected chi connectivity index (χ2v) is 7.40. The van der Waals surface area contributed by atoms with Crippen LogP contribution in [0.2, 0.25) is 0 Å². The molecule has 1 aliphatic rings. The number of nitrogen functional groups attached to an aromatic ring is 1. The summed E-state index contributed by atoms with van der Waals surface area (Å²) in [4.78, 5) is 4.40. The maximum absolute atomic E-state index is 13.9. The zero-order valence-corrected chi connectivity index (χ0v) is 13.2. The molecular weight excluding hydrogens is 309 g/mol. The summed E-state index contributed by atoms with van der Waals surface area (Å²) in [6.07, 6.45) is 1.06. The molecular formula is C14H16FN3OS2. The Bertz CT molecular complexity index is 634. The van der Waals surface area contributed by atoms with Gasteiger partial charge in [0.05, 0.1) is 10.8 Å². The average molecular weight is 325 g/mol.